The van der Waals surface area contributed by atoms with Crippen LogP contribution in [0.2, 0.25) is 0 Å². The lowest BCUT2D eigenvalue weighted by Crippen LogP contribution is -2.12. The van der Waals surface area contributed by atoms with E-state index in [4.69, 9.17) is 0 Å². The summed E-state index contributed by atoms with van der Waals surface area (Å²) < 4.78 is 0. The third kappa shape index (κ3) is 2.89. The first-order valence-corrected chi connectivity index (χ1v) is 9.00. The maximum absolute atomic E-state index is 2.34. The second-order valence-electron chi connectivity index (χ2n) is 6.99. The van der Waals surface area contributed by atoms with Gasteiger partial charge in [0.05, 0.1) is 0 Å². The summed E-state index contributed by atoms with van der Waals surface area (Å²) in [7, 11) is 0. The molecule has 3 aromatic carbocycles. The van der Waals surface area contributed by atoms with Crippen LogP contribution in [0.3, 0.4) is 0 Å². The minimum Gasteiger partial charge on any atom is -0.0622 e. The average Bonchev–Trinajstić information content (AvgIpc) is 2.84. The lowest BCUT2D eigenvalue weighted by atomic mass is 9.78. The number of benzene rings is 3. The largest absolute Gasteiger partial charge is 0.0622 e. The molecular formula is C24H24. The molecule has 0 saturated carbocycles. The van der Waals surface area contributed by atoms with E-state index in [1.165, 1.54) is 29.5 Å². The second kappa shape index (κ2) is 6.65. The highest BCUT2D eigenvalue weighted by molar-refractivity contribution is 5.40. The highest BCUT2D eigenvalue weighted by Gasteiger charge is 2.29. The van der Waals surface area contributed by atoms with Gasteiger partial charge >= 0.3 is 0 Å². The van der Waals surface area contributed by atoms with Crippen LogP contribution in [0.4, 0.5) is 0 Å². The molecule has 0 bridgehead atoms. The number of fused-ring (bicyclic) bond motifs is 1. The Kier molecular flexibility index (Phi) is 4.21. The van der Waals surface area contributed by atoms with Crippen molar-refractivity contribution in [1.29, 1.82) is 0 Å². The van der Waals surface area contributed by atoms with E-state index in [0.717, 1.165) is 6.42 Å². The Bertz CT molecular complexity index is 802. The van der Waals surface area contributed by atoms with Crippen LogP contribution in [0.25, 0.3) is 0 Å². The summed E-state index contributed by atoms with van der Waals surface area (Å²) >= 11 is 0. The first-order valence-electron chi connectivity index (χ1n) is 9.00. The summed E-state index contributed by atoms with van der Waals surface area (Å²) in [5.41, 5.74) is 7.53. The molecule has 1 aliphatic rings. The summed E-state index contributed by atoms with van der Waals surface area (Å²) in [4.78, 5) is 0. The quantitative estimate of drug-likeness (QED) is 0.505. The minimum absolute atomic E-state index is 0.552. The van der Waals surface area contributed by atoms with E-state index in [1.807, 2.05) is 0 Å². The number of rotatable bonds is 2. The van der Waals surface area contributed by atoms with Crippen molar-refractivity contribution in [2.24, 2.45) is 0 Å². The van der Waals surface area contributed by atoms with Gasteiger partial charge in [-0.25, -0.2) is 0 Å². The number of aryl methyl sites for hydroxylation is 1. The molecule has 0 aromatic heterocycles. The van der Waals surface area contributed by atoms with Gasteiger partial charge in [0, 0.05) is 0 Å². The summed E-state index contributed by atoms with van der Waals surface area (Å²) in [5, 5.41) is 0. The van der Waals surface area contributed by atoms with Crippen LogP contribution in [0, 0.1) is 6.92 Å². The van der Waals surface area contributed by atoms with E-state index in [1.54, 1.807) is 11.1 Å². The molecule has 0 N–H and O–H groups in total. The van der Waals surface area contributed by atoms with Crippen molar-refractivity contribution < 1.29 is 0 Å². The van der Waals surface area contributed by atoms with E-state index >= 15 is 0 Å². The normalized spacial score (nSPS) is 20.2. The van der Waals surface area contributed by atoms with Gasteiger partial charge in [-0.05, 0) is 65.8 Å². The van der Waals surface area contributed by atoms with Gasteiger partial charge in [0.1, 0.15) is 0 Å². The minimum atomic E-state index is 0.552. The predicted octanol–water partition coefficient (Wildman–Crippen LogP) is 6.05. The molecule has 120 valence electrons. The summed E-state index contributed by atoms with van der Waals surface area (Å²) in [6, 6.07) is 29.0. The predicted molar refractivity (Wildman–Crippen MR) is 102 cm³/mol. The Morgan fingerprint density at radius 2 is 1.29 bits per heavy atom. The lowest BCUT2D eigenvalue weighted by Gasteiger charge is -2.26. The van der Waals surface area contributed by atoms with Crippen molar-refractivity contribution in [2.45, 2.75) is 38.0 Å². The van der Waals surface area contributed by atoms with Gasteiger partial charge in [-0.2, -0.15) is 0 Å². The zero-order valence-corrected chi connectivity index (χ0v) is 14.3. The highest BCUT2D eigenvalue weighted by atomic mass is 14.3. The molecule has 0 heteroatoms. The zero-order chi connectivity index (χ0) is 16.4. The van der Waals surface area contributed by atoms with Gasteiger partial charge in [-0.15, -0.1) is 0 Å². The van der Waals surface area contributed by atoms with Crippen LogP contribution in [-0.4, -0.2) is 0 Å². The number of hydrogen-bond acceptors (Lipinski definition) is 0. The first kappa shape index (κ1) is 15.2. The molecule has 0 heterocycles. The Labute approximate surface area is 145 Å². The van der Waals surface area contributed by atoms with Crippen LogP contribution >= 0.6 is 0 Å². The topological polar surface area (TPSA) is 0 Å². The van der Waals surface area contributed by atoms with Crippen molar-refractivity contribution in [3.63, 3.8) is 0 Å². The molecule has 0 radical (unpaired) electrons. The molecule has 4 rings (SSSR count). The molecule has 1 aliphatic carbocycles. The van der Waals surface area contributed by atoms with Crippen molar-refractivity contribution in [2.75, 3.05) is 0 Å². The standard InChI is InChI=1S/C24H24/c1-18-9-8-14-21-17-24(20-12-6-3-7-13-20)23(16-15-22(18)21)19-10-4-2-5-11-19/h2-14,23-24H,15-17H2,1H3. The molecule has 0 fully saturated rings. The molecule has 0 nitrogen and oxygen atoms in total. The van der Waals surface area contributed by atoms with E-state index in [9.17, 15) is 0 Å². The zero-order valence-electron chi connectivity index (χ0n) is 14.3. The summed E-state index contributed by atoms with van der Waals surface area (Å²) in [6.45, 7) is 2.26. The monoisotopic (exact) mass is 312 g/mol. The van der Waals surface area contributed by atoms with Gasteiger partial charge in [-0.1, -0.05) is 78.9 Å². The second-order valence-corrected chi connectivity index (χ2v) is 6.99. The van der Waals surface area contributed by atoms with Crippen molar-refractivity contribution in [3.05, 3.63) is 107 Å². The van der Waals surface area contributed by atoms with Crippen molar-refractivity contribution in [1.82, 2.24) is 0 Å². The fourth-order valence-corrected chi connectivity index (χ4v) is 4.34. The van der Waals surface area contributed by atoms with Crippen molar-refractivity contribution in [3.8, 4) is 0 Å². The molecule has 2 atom stereocenters. The van der Waals surface area contributed by atoms with Gasteiger partial charge in [0.25, 0.3) is 0 Å². The van der Waals surface area contributed by atoms with Gasteiger partial charge in [0.2, 0.25) is 0 Å². The Morgan fingerprint density at radius 1 is 0.667 bits per heavy atom. The third-order valence-corrected chi connectivity index (χ3v) is 5.59. The molecule has 0 saturated heterocycles. The maximum atomic E-state index is 2.34. The lowest BCUT2D eigenvalue weighted by molar-refractivity contribution is 0.519. The van der Waals surface area contributed by atoms with E-state index in [2.05, 4.69) is 85.8 Å². The van der Waals surface area contributed by atoms with E-state index in [-0.39, 0.29) is 0 Å². The SMILES string of the molecule is Cc1cccc2c1CCC(c1ccccc1)C(c1ccccc1)C2. The van der Waals surface area contributed by atoms with Gasteiger partial charge in [-0.3, -0.25) is 0 Å². The molecule has 0 amide bonds. The smallest absolute Gasteiger partial charge is 0.00524 e. The van der Waals surface area contributed by atoms with Crippen LogP contribution in [0.5, 0.6) is 0 Å². The van der Waals surface area contributed by atoms with Crippen molar-refractivity contribution >= 4 is 0 Å². The van der Waals surface area contributed by atoms with Crippen LogP contribution in [0.1, 0.15) is 46.1 Å². The Hall–Kier alpha value is -2.34. The summed E-state index contributed by atoms with van der Waals surface area (Å²) in [5.74, 6) is 1.14. The molecule has 2 unspecified atom stereocenters. The molecule has 0 spiro atoms. The van der Waals surface area contributed by atoms with Crippen LogP contribution < -0.4 is 0 Å². The third-order valence-electron chi connectivity index (χ3n) is 5.59. The van der Waals surface area contributed by atoms with Crippen LogP contribution in [0.15, 0.2) is 78.9 Å². The number of hydrogen-bond donors (Lipinski definition) is 0. The fourth-order valence-electron chi connectivity index (χ4n) is 4.34. The van der Waals surface area contributed by atoms with Crippen LogP contribution in [-0.2, 0) is 12.8 Å². The van der Waals surface area contributed by atoms with E-state index < -0.39 is 0 Å². The first-order chi connectivity index (χ1) is 11.8. The Morgan fingerprint density at radius 3 is 1.96 bits per heavy atom. The maximum Gasteiger partial charge on any atom is -0.00524 e. The molecular weight excluding hydrogens is 288 g/mol. The highest BCUT2D eigenvalue weighted by Crippen LogP contribution is 2.42. The van der Waals surface area contributed by atoms with Gasteiger partial charge in [0.15, 0.2) is 0 Å². The fraction of sp³-hybridized carbons (Fsp3) is 0.250. The summed E-state index contributed by atoms with van der Waals surface area (Å²) in [6.07, 6.45) is 3.55. The molecule has 3 aromatic rings. The Balaban J connectivity index is 1.80. The van der Waals surface area contributed by atoms with E-state index in [0.29, 0.717) is 11.8 Å². The molecule has 0 aliphatic heterocycles. The average molecular weight is 312 g/mol. The molecule has 24 heavy (non-hydrogen) atoms. The van der Waals surface area contributed by atoms with Gasteiger partial charge < -0.3 is 0 Å².